The Morgan fingerprint density at radius 3 is 1.67 bits per heavy atom. The molecule has 0 saturated carbocycles. The zero-order valence-electron chi connectivity index (χ0n) is 22.7. The molecule has 4 aliphatic rings. The first-order valence-electron chi connectivity index (χ1n) is 13.9. The van der Waals surface area contributed by atoms with Crippen LogP contribution in [0.25, 0.3) is 0 Å². The van der Waals surface area contributed by atoms with Crippen molar-refractivity contribution >= 4 is 35.3 Å². The predicted octanol–water partition coefficient (Wildman–Crippen LogP) is 3.70. The maximum atomic E-state index is 14.1. The highest BCUT2D eigenvalue weighted by atomic mass is 16.5. The standard InChI is InChI=1S/C34H25N3O6/c38-26(35-36-31(39)19-10-2-1-3-11-19)18-43-34(42)24-16-8-9-17-25(24)37-32(40)29-27-20-12-4-5-13-21(20)28(30(29)33(37)41)23-15-7-6-14-22(23)27/h1-17,27-30H,18H2,(H,35,38)(H,36,39)/t27?,28?,29-,30-/m0/s1. The maximum absolute atomic E-state index is 14.1. The summed E-state index contributed by atoms with van der Waals surface area (Å²) in [6.07, 6.45) is 0. The molecule has 1 heterocycles. The summed E-state index contributed by atoms with van der Waals surface area (Å²) in [6, 6.07) is 30.4. The zero-order chi connectivity index (χ0) is 29.7. The Morgan fingerprint density at radius 2 is 1.12 bits per heavy atom. The van der Waals surface area contributed by atoms with Gasteiger partial charge in [-0.15, -0.1) is 0 Å². The molecule has 4 aromatic rings. The number of para-hydroxylation sites is 1. The largest absolute Gasteiger partial charge is 0.452 e. The van der Waals surface area contributed by atoms with Crippen molar-refractivity contribution < 1.29 is 28.7 Å². The third-order valence-electron chi connectivity index (χ3n) is 8.50. The molecule has 9 heteroatoms. The molecule has 4 amide bonds. The van der Waals surface area contributed by atoms with Crippen LogP contribution in [0.15, 0.2) is 103 Å². The predicted molar refractivity (Wildman–Crippen MR) is 155 cm³/mol. The lowest BCUT2D eigenvalue weighted by atomic mass is 9.55. The first-order chi connectivity index (χ1) is 21.0. The topological polar surface area (TPSA) is 122 Å². The summed E-state index contributed by atoms with van der Waals surface area (Å²) in [6.45, 7) is -0.690. The zero-order valence-corrected chi connectivity index (χ0v) is 22.7. The van der Waals surface area contributed by atoms with Crippen LogP contribution in [-0.2, 0) is 19.1 Å². The van der Waals surface area contributed by atoms with Gasteiger partial charge >= 0.3 is 5.97 Å². The lowest BCUT2D eigenvalue weighted by Gasteiger charge is -2.45. The maximum Gasteiger partial charge on any atom is 0.340 e. The second kappa shape index (κ2) is 10.4. The highest BCUT2D eigenvalue weighted by molar-refractivity contribution is 6.25. The van der Waals surface area contributed by atoms with Crippen molar-refractivity contribution in [2.45, 2.75) is 11.8 Å². The quantitative estimate of drug-likeness (QED) is 0.214. The Bertz CT molecular complexity index is 1700. The molecule has 0 unspecified atom stereocenters. The molecule has 2 bridgehead atoms. The number of hydrogen-bond donors (Lipinski definition) is 2. The monoisotopic (exact) mass is 571 g/mol. The minimum atomic E-state index is -0.884. The number of anilines is 1. The van der Waals surface area contributed by atoms with Gasteiger partial charge < -0.3 is 4.74 Å². The number of rotatable bonds is 5. The van der Waals surface area contributed by atoms with Gasteiger partial charge in [-0.25, -0.2) is 9.69 Å². The molecular weight excluding hydrogens is 546 g/mol. The Morgan fingerprint density at radius 1 is 0.628 bits per heavy atom. The Kier molecular flexibility index (Phi) is 6.35. The average Bonchev–Trinajstić information content (AvgIpc) is 3.32. The summed E-state index contributed by atoms with van der Waals surface area (Å²) in [5.41, 5.74) is 9.10. The number of benzene rings is 4. The summed E-state index contributed by atoms with van der Waals surface area (Å²) in [4.78, 5) is 67.0. The fourth-order valence-corrected chi connectivity index (χ4v) is 6.79. The first kappa shape index (κ1) is 26.3. The number of carbonyl (C=O) groups excluding carboxylic acids is 5. The van der Waals surface area contributed by atoms with E-state index in [1.807, 2.05) is 48.5 Å². The van der Waals surface area contributed by atoms with Crippen molar-refractivity contribution in [3.63, 3.8) is 0 Å². The minimum absolute atomic E-state index is 0.0219. The second-order valence-corrected chi connectivity index (χ2v) is 10.7. The van der Waals surface area contributed by atoms with E-state index < -0.39 is 36.2 Å². The van der Waals surface area contributed by atoms with E-state index in [0.717, 1.165) is 27.2 Å². The van der Waals surface area contributed by atoms with Gasteiger partial charge in [-0.1, -0.05) is 78.9 Å². The van der Waals surface area contributed by atoms with Gasteiger partial charge in [0.05, 0.1) is 23.1 Å². The first-order valence-corrected chi connectivity index (χ1v) is 13.9. The number of imide groups is 1. The molecule has 1 aliphatic heterocycles. The molecule has 1 fully saturated rings. The van der Waals surface area contributed by atoms with Crippen molar-refractivity contribution in [1.82, 2.24) is 10.9 Å². The summed E-state index contributed by atoms with van der Waals surface area (Å²) in [5.74, 6) is -4.68. The van der Waals surface area contributed by atoms with Gasteiger partial charge in [-0.3, -0.25) is 30.0 Å². The van der Waals surface area contributed by atoms with E-state index in [2.05, 4.69) is 10.9 Å². The minimum Gasteiger partial charge on any atom is -0.452 e. The third-order valence-corrected chi connectivity index (χ3v) is 8.50. The molecule has 0 spiro atoms. The normalized spacial score (nSPS) is 21.0. The number of ether oxygens (including phenoxy) is 1. The number of amides is 4. The summed E-state index contributed by atoms with van der Waals surface area (Å²) < 4.78 is 5.22. The summed E-state index contributed by atoms with van der Waals surface area (Å²) in [5, 5.41) is 0. The average molecular weight is 572 g/mol. The highest BCUT2D eigenvalue weighted by Gasteiger charge is 2.62. The van der Waals surface area contributed by atoms with Gasteiger partial charge in [0.1, 0.15) is 0 Å². The lowest BCUT2D eigenvalue weighted by molar-refractivity contribution is -0.125. The molecule has 0 radical (unpaired) electrons. The van der Waals surface area contributed by atoms with Crippen molar-refractivity contribution in [2.75, 3.05) is 11.5 Å². The summed E-state index contributed by atoms with van der Waals surface area (Å²) in [7, 11) is 0. The smallest absolute Gasteiger partial charge is 0.340 e. The van der Waals surface area contributed by atoms with Crippen LogP contribution in [0, 0.1) is 11.8 Å². The van der Waals surface area contributed by atoms with Crippen molar-refractivity contribution in [3.05, 3.63) is 137 Å². The summed E-state index contributed by atoms with van der Waals surface area (Å²) >= 11 is 0. The van der Waals surface area contributed by atoms with Crippen LogP contribution >= 0.6 is 0 Å². The molecule has 4 aromatic carbocycles. The molecule has 9 nitrogen and oxygen atoms in total. The Balaban J connectivity index is 1.12. The number of hydrogen-bond acceptors (Lipinski definition) is 6. The number of hydrazine groups is 1. The van der Waals surface area contributed by atoms with Gasteiger partial charge in [0.25, 0.3) is 11.8 Å². The highest BCUT2D eigenvalue weighted by Crippen LogP contribution is 2.61. The molecular formula is C34H25N3O6. The molecule has 2 atom stereocenters. The van der Waals surface area contributed by atoms with Gasteiger partial charge in [-0.2, -0.15) is 0 Å². The molecule has 2 N–H and O–H groups in total. The van der Waals surface area contributed by atoms with E-state index in [1.165, 1.54) is 12.1 Å². The SMILES string of the molecule is O=C(COC(=O)c1ccccc1N1C(=O)[C@H]2C3c4ccccc4C(c4ccccc43)[C@@H]2C1=O)NNC(=O)c1ccccc1. The van der Waals surface area contributed by atoms with Gasteiger partial charge in [0.2, 0.25) is 11.8 Å². The van der Waals surface area contributed by atoms with Crippen LogP contribution in [0.1, 0.15) is 54.8 Å². The number of nitrogens with zero attached hydrogens (tertiary/aromatic N) is 1. The second-order valence-electron chi connectivity index (χ2n) is 10.7. The molecule has 1 saturated heterocycles. The van der Waals surface area contributed by atoms with Gasteiger partial charge in [-0.05, 0) is 46.5 Å². The molecule has 3 aliphatic carbocycles. The van der Waals surface area contributed by atoms with E-state index >= 15 is 0 Å². The van der Waals surface area contributed by atoms with Gasteiger partial charge in [0, 0.05) is 17.4 Å². The van der Waals surface area contributed by atoms with Crippen LogP contribution in [0.4, 0.5) is 5.69 Å². The molecule has 212 valence electrons. The van der Waals surface area contributed by atoms with Crippen LogP contribution in [-0.4, -0.2) is 36.2 Å². The van der Waals surface area contributed by atoms with Crippen LogP contribution in [0.3, 0.4) is 0 Å². The van der Waals surface area contributed by atoms with E-state index in [-0.39, 0.29) is 34.9 Å². The van der Waals surface area contributed by atoms with Crippen LogP contribution in [0.5, 0.6) is 0 Å². The van der Waals surface area contributed by atoms with Crippen LogP contribution < -0.4 is 15.8 Å². The van der Waals surface area contributed by atoms with Crippen molar-refractivity contribution in [2.24, 2.45) is 11.8 Å². The lowest BCUT2D eigenvalue weighted by Crippen LogP contribution is -2.43. The molecule has 0 aromatic heterocycles. The van der Waals surface area contributed by atoms with E-state index in [9.17, 15) is 24.0 Å². The molecule has 43 heavy (non-hydrogen) atoms. The number of esters is 1. The van der Waals surface area contributed by atoms with E-state index in [4.69, 9.17) is 4.74 Å². The van der Waals surface area contributed by atoms with E-state index in [0.29, 0.717) is 5.56 Å². The third kappa shape index (κ3) is 4.20. The number of carbonyl (C=O) groups is 5. The van der Waals surface area contributed by atoms with Crippen LogP contribution in [0.2, 0.25) is 0 Å². The fraction of sp³-hybridized carbons (Fsp3) is 0.147. The number of nitrogens with one attached hydrogen (secondary N) is 2. The van der Waals surface area contributed by atoms with E-state index in [1.54, 1.807) is 42.5 Å². The Labute approximate surface area is 246 Å². The van der Waals surface area contributed by atoms with Gasteiger partial charge in [0.15, 0.2) is 6.61 Å². The Hall–Kier alpha value is -5.57. The molecule has 8 rings (SSSR count). The van der Waals surface area contributed by atoms with Crippen molar-refractivity contribution in [1.29, 1.82) is 0 Å². The fourth-order valence-electron chi connectivity index (χ4n) is 6.79. The van der Waals surface area contributed by atoms with Crippen molar-refractivity contribution in [3.8, 4) is 0 Å².